The van der Waals surface area contributed by atoms with Gasteiger partial charge in [-0.1, -0.05) is 6.07 Å². The lowest BCUT2D eigenvalue weighted by Gasteiger charge is -2.16. The number of benzene rings is 1. The molecule has 7 rings (SSSR count). The van der Waals surface area contributed by atoms with Gasteiger partial charge >= 0.3 is 0 Å². The summed E-state index contributed by atoms with van der Waals surface area (Å²) in [5.74, 6) is 0.344. The van der Waals surface area contributed by atoms with E-state index in [2.05, 4.69) is 26.4 Å². The molecular weight excluding hydrogens is 509 g/mol. The number of aromatic nitrogens is 7. The fourth-order valence-electron chi connectivity index (χ4n) is 5.20. The standard InChI is InChI=1S/C29H22FN9O/c30-25-20(4-1-12-32-25)29(40)36-22-9-6-17-16-18(7-8-19(17)22)39-27(21-5-2-13-33-26(21)31)35-23-10-11-24(37-28(23)39)38-15-3-14-34-38/h1-5,7-8,10-16,22H,6,9H2,(H2,31,33)(H,36,40)/t22-/m0/s1. The van der Waals surface area contributed by atoms with Crippen molar-refractivity contribution in [2.75, 3.05) is 5.73 Å². The Kier molecular flexibility index (Phi) is 5.55. The summed E-state index contributed by atoms with van der Waals surface area (Å²) >= 11 is 0. The minimum absolute atomic E-state index is 0.0739. The molecule has 5 aromatic heterocycles. The molecule has 0 saturated heterocycles. The largest absolute Gasteiger partial charge is 0.383 e. The van der Waals surface area contributed by atoms with Gasteiger partial charge in [-0.2, -0.15) is 9.49 Å². The molecule has 3 N–H and O–H groups in total. The van der Waals surface area contributed by atoms with Crippen LogP contribution in [0, 0.1) is 5.95 Å². The number of pyridine rings is 3. The van der Waals surface area contributed by atoms with Gasteiger partial charge in [-0.3, -0.25) is 9.36 Å². The van der Waals surface area contributed by atoms with E-state index in [9.17, 15) is 9.18 Å². The first-order chi connectivity index (χ1) is 19.6. The summed E-state index contributed by atoms with van der Waals surface area (Å²) in [6.45, 7) is 0. The number of nitrogen functional groups attached to an aromatic ring is 1. The van der Waals surface area contributed by atoms with Crippen molar-refractivity contribution in [2.24, 2.45) is 0 Å². The second-order valence-electron chi connectivity index (χ2n) is 9.46. The van der Waals surface area contributed by atoms with Crippen LogP contribution in [0.15, 0.2) is 85.5 Å². The highest BCUT2D eigenvalue weighted by Gasteiger charge is 2.27. The summed E-state index contributed by atoms with van der Waals surface area (Å²) in [5, 5.41) is 7.27. The smallest absolute Gasteiger partial charge is 0.256 e. The van der Waals surface area contributed by atoms with Crippen LogP contribution in [0.2, 0.25) is 0 Å². The van der Waals surface area contributed by atoms with Crippen molar-refractivity contribution in [3.8, 4) is 22.9 Å². The van der Waals surface area contributed by atoms with E-state index in [1.165, 1.54) is 12.3 Å². The van der Waals surface area contributed by atoms with Crippen molar-refractivity contribution in [3.05, 3.63) is 108 Å². The van der Waals surface area contributed by atoms with E-state index >= 15 is 0 Å². The SMILES string of the molecule is Nc1ncccc1-c1nc2ccc(-n3cccn3)nc2n1-c1ccc2c(c1)CC[C@@H]2NC(=O)c1cccnc1F. The lowest BCUT2D eigenvalue weighted by Crippen LogP contribution is -2.28. The molecule has 6 aromatic rings. The summed E-state index contributed by atoms with van der Waals surface area (Å²) in [6, 6.07) is 18.1. The van der Waals surface area contributed by atoms with E-state index in [0.717, 1.165) is 23.2 Å². The third-order valence-corrected chi connectivity index (χ3v) is 7.08. The number of hydrogen-bond acceptors (Lipinski definition) is 7. The zero-order valence-corrected chi connectivity index (χ0v) is 21.1. The number of rotatable bonds is 5. The Labute approximate surface area is 227 Å². The fourth-order valence-corrected chi connectivity index (χ4v) is 5.20. The minimum atomic E-state index is -0.787. The number of halogens is 1. The van der Waals surface area contributed by atoms with Crippen LogP contribution in [0.25, 0.3) is 34.1 Å². The summed E-state index contributed by atoms with van der Waals surface area (Å²) < 4.78 is 17.7. The number of anilines is 1. The van der Waals surface area contributed by atoms with Gasteiger partial charge in [0.2, 0.25) is 5.95 Å². The van der Waals surface area contributed by atoms with E-state index in [-0.39, 0.29) is 11.6 Å². The fraction of sp³-hybridized carbons (Fsp3) is 0.103. The van der Waals surface area contributed by atoms with Gasteiger partial charge in [-0.25, -0.2) is 24.6 Å². The predicted molar refractivity (Wildman–Crippen MR) is 146 cm³/mol. The molecule has 0 fully saturated rings. The van der Waals surface area contributed by atoms with E-state index in [1.54, 1.807) is 23.1 Å². The number of fused-ring (bicyclic) bond motifs is 2. The van der Waals surface area contributed by atoms with Crippen LogP contribution in [0.1, 0.15) is 33.9 Å². The summed E-state index contributed by atoms with van der Waals surface area (Å²) in [4.78, 5) is 30.4. The molecule has 0 radical (unpaired) electrons. The summed E-state index contributed by atoms with van der Waals surface area (Å²) in [7, 11) is 0. The van der Waals surface area contributed by atoms with E-state index in [1.807, 2.05) is 53.2 Å². The molecule has 1 aromatic carbocycles. The number of nitrogens with one attached hydrogen (secondary N) is 1. The molecule has 40 heavy (non-hydrogen) atoms. The van der Waals surface area contributed by atoms with Crippen molar-refractivity contribution >= 4 is 22.9 Å². The maximum Gasteiger partial charge on any atom is 0.256 e. The normalized spacial score (nSPS) is 14.4. The molecular formula is C29H22FN9O. The molecule has 0 bridgehead atoms. The Morgan fingerprint density at radius 2 is 1.88 bits per heavy atom. The highest BCUT2D eigenvalue weighted by atomic mass is 19.1. The van der Waals surface area contributed by atoms with Gasteiger partial charge in [0.25, 0.3) is 5.91 Å². The van der Waals surface area contributed by atoms with Gasteiger partial charge in [0.15, 0.2) is 17.3 Å². The molecule has 1 aliphatic rings. The molecule has 11 heteroatoms. The van der Waals surface area contributed by atoms with Crippen LogP contribution in [-0.2, 0) is 6.42 Å². The number of carbonyl (C=O) groups excluding carboxylic acids is 1. The van der Waals surface area contributed by atoms with Crippen LogP contribution >= 0.6 is 0 Å². The molecule has 1 atom stereocenters. The molecule has 196 valence electrons. The summed E-state index contributed by atoms with van der Waals surface area (Å²) in [5.41, 5.74) is 11.1. The number of imidazole rings is 1. The van der Waals surface area contributed by atoms with Crippen LogP contribution in [0.4, 0.5) is 10.2 Å². The van der Waals surface area contributed by atoms with Crippen molar-refractivity contribution in [3.63, 3.8) is 0 Å². The van der Waals surface area contributed by atoms with Crippen molar-refractivity contribution < 1.29 is 9.18 Å². The van der Waals surface area contributed by atoms with Crippen molar-refractivity contribution in [1.29, 1.82) is 0 Å². The number of nitrogens with zero attached hydrogens (tertiary/aromatic N) is 7. The van der Waals surface area contributed by atoms with Crippen LogP contribution in [0.5, 0.6) is 0 Å². The highest BCUT2D eigenvalue weighted by Crippen LogP contribution is 2.36. The number of aryl methyl sites for hydroxylation is 1. The molecule has 0 unspecified atom stereocenters. The number of amides is 1. The topological polar surface area (TPSA) is 129 Å². The zero-order valence-electron chi connectivity index (χ0n) is 21.1. The maximum atomic E-state index is 14.1. The molecule has 1 aliphatic carbocycles. The highest BCUT2D eigenvalue weighted by molar-refractivity contribution is 5.94. The molecule has 0 spiro atoms. The Bertz CT molecular complexity index is 1900. The van der Waals surface area contributed by atoms with E-state index < -0.39 is 11.9 Å². The molecule has 0 saturated carbocycles. The molecule has 0 aliphatic heterocycles. The van der Waals surface area contributed by atoms with Crippen LogP contribution in [-0.4, -0.2) is 40.2 Å². The third kappa shape index (κ3) is 3.95. The minimum Gasteiger partial charge on any atom is -0.383 e. The number of nitrogens with two attached hydrogens (primary N) is 1. The quantitative estimate of drug-likeness (QED) is 0.319. The average molecular weight is 532 g/mol. The van der Waals surface area contributed by atoms with Crippen molar-refractivity contribution in [1.82, 2.24) is 39.6 Å². The van der Waals surface area contributed by atoms with Gasteiger partial charge in [-0.05, 0) is 78.6 Å². The first kappa shape index (κ1) is 23.7. The second-order valence-corrected chi connectivity index (χ2v) is 9.46. The van der Waals surface area contributed by atoms with Gasteiger partial charge in [-0.15, -0.1) is 0 Å². The second kappa shape index (κ2) is 9.38. The molecule has 5 heterocycles. The van der Waals surface area contributed by atoms with E-state index in [0.29, 0.717) is 40.6 Å². The van der Waals surface area contributed by atoms with Crippen LogP contribution in [0.3, 0.4) is 0 Å². The molecule has 10 nitrogen and oxygen atoms in total. The van der Waals surface area contributed by atoms with E-state index in [4.69, 9.17) is 15.7 Å². The Morgan fingerprint density at radius 3 is 2.70 bits per heavy atom. The Morgan fingerprint density at radius 1 is 1.00 bits per heavy atom. The zero-order chi connectivity index (χ0) is 27.2. The Balaban J connectivity index is 1.32. The average Bonchev–Trinajstić information content (AvgIpc) is 3.72. The monoisotopic (exact) mass is 531 g/mol. The maximum absolute atomic E-state index is 14.1. The number of hydrogen-bond donors (Lipinski definition) is 2. The first-order valence-electron chi connectivity index (χ1n) is 12.7. The van der Waals surface area contributed by atoms with Gasteiger partial charge in [0, 0.05) is 30.5 Å². The lowest BCUT2D eigenvalue weighted by atomic mass is 10.1. The van der Waals surface area contributed by atoms with Gasteiger partial charge in [0.1, 0.15) is 11.3 Å². The first-order valence-corrected chi connectivity index (χ1v) is 12.7. The third-order valence-electron chi connectivity index (χ3n) is 7.08. The lowest BCUT2D eigenvalue weighted by molar-refractivity contribution is 0.0931. The predicted octanol–water partition coefficient (Wildman–Crippen LogP) is 4.20. The summed E-state index contributed by atoms with van der Waals surface area (Å²) in [6.07, 6.45) is 7.92. The van der Waals surface area contributed by atoms with Crippen molar-refractivity contribution in [2.45, 2.75) is 18.9 Å². The van der Waals surface area contributed by atoms with Crippen LogP contribution < -0.4 is 11.1 Å². The number of carbonyl (C=O) groups is 1. The van der Waals surface area contributed by atoms with Gasteiger partial charge in [0.05, 0.1) is 17.2 Å². The Hall–Kier alpha value is -5.45. The molecule has 1 amide bonds. The van der Waals surface area contributed by atoms with Gasteiger partial charge < -0.3 is 11.1 Å².